The molecule has 0 bridgehead atoms. The maximum absolute atomic E-state index is 12.5. The number of carbonyl (C=O) groups is 1. The number of ether oxygens (including phenoxy) is 1. The third kappa shape index (κ3) is 4.87. The number of rotatable bonds is 5. The van der Waals surface area contributed by atoms with E-state index in [1.54, 1.807) is 17.8 Å². The molecule has 0 saturated carbocycles. The fraction of sp³-hybridized carbons (Fsp3) is 0.320. The van der Waals surface area contributed by atoms with Crippen LogP contribution in [0, 0.1) is 6.92 Å². The minimum Gasteiger partial charge on any atom is -0.465 e. The van der Waals surface area contributed by atoms with Gasteiger partial charge in [0, 0.05) is 49.1 Å². The fourth-order valence-corrected chi connectivity index (χ4v) is 4.99. The molecule has 11 nitrogen and oxygen atoms in total. The molecule has 4 heterocycles. The maximum Gasteiger partial charge on any atom is 0.407 e. The number of aryl methyl sites for hydroxylation is 2. The lowest BCUT2D eigenvalue weighted by Gasteiger charge is -2.31. The van der Waals surface area contributed by atoms with Crippen molar-refractivity contribution in [1.82, 2.24) is 28.6 Å². The highest BCUT2D eigenvalue weighted by atomic mass is 35.5. The molecule has 5 rings (SSSR count). The summed E-state index contributed by atoms with van der Waals surface area (Å²) in [5.74, 6) is 0. The van der Waals surface area contributed by atoms with Crippen molar-refractivity contribution in [1.29, 1.82) is 0 Å². The Labute approximate surface area is 216 Å². The second-order valence-corrected chi connectivity index (χ2v) is 9.53. The highest BCUT2D eigenvalue weighted by Crippen LogP contribution is 2.33. The first kappa shape index (κ1) is 24.7. The number of carboxylic acid groups (broad SMARTS) is 1. The van der Waals surface area contributed by atoms with Crippen LogP contribution in [0.5, 0.6) is 0 Å². The van der Waals surface area contributed by atoms with Gasteiger partial charge in [0.05, 0.1) is 37.0 Å². The lowest BCUT2D eigenvalue weighted by atomic mass is 9.93. The van der Waals surface area contributed by atoms with Crippen molar-refractivity contribution < 1.29 is 14.6 Å². The van der Waals surface area contributed by atoms with E-state index in [0.717, 1.165) is 21.3 Å². The first-order chi connectivity index (χ1) is 17.7. The third-order valence-corrected chi connectivity index (χ3v) is 6.79. The smallest absolute Gasteiger partial charge is 0.407 e. The van der Waals surface area contributed by atoms with Crippen molar-refractivity contribution in [2.45, 2.75) is 26.0 Å². The summed E-state index contributed by atoms with van der Waals surface area (Å²) in [4.78, 5) is 42.2. The van der Waals surface area contributed by atoms with Crippen molar-refractivity contribution in [3.05, 3.63) is 85.5 Å². The van der Waals surface area contributed by atoms with E-state index in [1.165, 1.54) is 28.1 Å². The molecule has 1 aromatic carbocycles. The van der Waals surface area contributed by atoms with Crippen molar-refractivity contribution in [2.75, 3.05) is 19.7 Å². The molecule has 0 spiro atoms. The van der Waals surface area contributed by atoms with Gasteiger partial charge in [0.25, 0.3) is 5.56 Å². The molecule has 0 unspecified atom stereocenters. The Morgan fingerprint density at radius 3 is 2.86 bits per heavy atom. The molecule has 1 fully saturated rings. The van der Waals surface area contributed by atoms with E-state index in [-0.39, 0.29) is 24.8 Å². The molecule has 0 radical (unpaired) electrons. The number of nitrogens with zero attached hydrogens (tertiary/aromatic N) is 6. The Balaban J connectivity index is 1.56. The molecule has 1 N–H and O–H groups in total. The number of morpholine rings is 1. The molecule has 12 heteroatoms. The highest BCUT2D eigenvalue weighted by molar-refractivity contribution is 6.31. The predicted octanol–water partition coefficient (Wildman–Crippen LogP) is 2.19. The SMILES string of the molecule is Cc1cc(Cl)cc(-c2ncnn3cc(Cn4c(=O)ccn(C)c4=O)cc23)c1C[C@@H]1CN(C(=O)O)CCO1. The van der Waals surface area contributed by atoms with Gasteiger partial charge in [-0.1, -0.05) is 11.6 Å². The first-order valence-electron chi connectivity index (χ1n) is 11.7. The second-order valence-electron chi connectivity index (χ2n) is 9.09. The molecule has 1 aliphatic heterocycles. The Morgan fingerprint density at radius 2 is 2.08 bits per heavy atom. The van der Waals surface area contributed by atoms with Gasteiger partial charge in [-0.25, -0.2) is 19.1 Å². The molecule has 3 aromatic heterocycles. The van der Waals surface area contributed by atoms with Crippen molar-refractivity contribution in [2.24, 2.45) is 7.05 Å². The van der Waals surface area contributed by atoms with Crippen LogP contribution in [0.1, 0.15) is 16.7 Å². The Kier molecular flexibility index (Phi) is 6.57. The minimum atomic E-state index is -0.966. The molecular formula is C25H25ClN6O5. The molecule has 1 aliphatic rings. The number of benzene rings is 1. The number of hydrogen-bond donors (Lipinski definition) is 1. The van der Waals surface area contributed by atoms with Crippen molar-refractivity contribution >= 4 is 23.2 Å². The average Bonchev–Trinajstić information content (AvgIpc) is 3.29. The number of fused-ring (bicyclic) bond motifs is 1. The summed E-state index contributed by atoms with van der Waals surface area (Å²) in [5, 5.41) is 14.3. The Hall–Kier alpha value is -3.96. The van der Waals surface area contributed by atoms with E-state index in [4.69, 9.17) is 16.3 Å². The number of halogens is 1. The summed E-state index contributed by atoms with van der Waals surface area (Å²) in [6.07, 6.45) is 3.82. The zero-order valence-corrected chi connectivity index (χ0v) is 21.1. The molecule has 1 saturated heterocycles. The van der Waals surface area contributed by atoms with Crippen LogP contribution >= 0.6 is 11.6 Å². The second kappa shape index (κ2) is 9.83. The topological polar surface area (TPSA) is 124 Å². The lowest BCUT2D eigenvalue weighted by Crippen LogP contribution is -2.45. The standard InChI is InChI=1S/C25H25ClN6O5/c1-15-7-17(26)9-20(19(15)10-18-13-30(25(35)36)5-6-37-18)23-21-8-16(12-32(21)28-14-27-23)11-31-22(33)3-4-29(2)24(31)34/h3-4,7-9,12,14,18H,5-6,10-11,13H2,1-2H3,(H,35,36)/t18-/m1/s1. The van der Waals surface area contributed by atoms with Gasteiger partial charge in [0.2, 0.25) is 0 Å². The summed E-state index contributed by atoms with van der Waals surface area (Å²) < 4.78 is 10.0. The number of amides is 1. The molecule has 192 valence electrons. The summed E-state index contributed by atoms with van der Waals surface area (Å²) in [6.45, 7) is 2.97. The van der Waals surface area contributed by atoms with Gasteiger partial charge in [-0.2, -0.15) is 5.10 Å². The molecular weight excluding hydrogens is 500 g/mol. The Bertz CT molecular complexity index is 1620. The van der Waals surface area contributed by atoms with E-state index in [2.05, 4.69) is 10.1 Å². The van der Waals surface area contributed by atoms with E-state index in [0.29, 0.717) is 41.4 Å². The number of aromatic nitrogens is 5. The molecule has 1 atom stereocenters. The van der Waals surface area contributed by atoms with Gasteiger partial charge < -0.3 is 19.3 Å². The highest BCUT2D eigenvalue weighted by Gasteiger charge is 2.26. The van der Waals surface area contributed by atoms with Gasteiger partial charge in [-0.3, -0.25) is 9.36 Å². The lowest BCUT2D eigenvalue weighted by molar-refractivity contribution is -0.0210. The third-order valence-electron chi connectivity index (χ3n) is 6.58. The first-order valence-corrected chi connectivity index (χ1v) is 12.1. The van der Waals surface area contributed by atoms with Gasteiger partial charge in [0.1, 0.15) is 6.33 Å². The number of hydrogen-bond acceptors (Lipinski definition) is 6. The van der Waals surface area contributed by atoms with Crippen LogP contribution in [0.15, 0.2) is 52.6 Å². The van der Waals surface area contributed by atoms with Crippen LogP contribution in [0.3, 0.4) is 0 Å². The zero-order valence-electron chi connectivity index (χ0n) is 20.3. The monoisotopic (exact) mass is 524 g/mol. The summed E-state index contributed by atoms with van der Waals surface area (Å²) in [6, 6.07) is 6.88. The van der Waals surface area contributed by atoms with E-state index < -0.39 is 11.8 Å². The molecule has 0 aliphatic carbocycles. The van der Waals surface area contributed by atoms with E-state index >= 15 is 0 Å². The average molecular weight is 525 g/mol. The van der Waals surface area contributed by atoms with Crippen LogP contribution in [0.4, 0.5) is 4.79 Å². The van der Waals surface area contributed by atoms with Crippen molar-refractivity contribution in [3.8, 4) is 11.3 Å². The van der Waals surface area contributed by atoms with Crippen LogP contribution in [-0.2, 0) is 24.8 Å². The summed E-state index contributed by atoms with van der Waals surface area (Å²) >= 11 is 6.45. The predicted molar refractivity (Wildman–Crippen MR) is 136 cm³/mol. The van der Waals surface area contributed by atoms with Crippen LogP contribution < -0.4 is 11.2 Å². The largest absolute Gasteiger partial charge is 0.465 e. The van der Waals surface area contributed by atoms with Gasteiger partial charge in [-0.05, 0) is 41.8 Å². The molecule has 1 amide bonds. The van der Waals surface area contributed by atoms with Crippen LogP contribution in [0.25, 0.3) is 16.8 Å². The van der Waals surface area contributed by atoms with Gasteiger partial charge >= 0.3 is 11.8 Å². The van der Waals surface area contributed by atoms with Gasteiger partial charge in [-0.15, -0.1) is 0 Å². The normalized spacial score (nSPS) is 15.9. The quantitative estimate of drug-likeness (QED) is 0.424. The molecule has 37 heavy (non-hydrogen) atoms. The van der Waals surface area contributed by atoms with E-state index in [1.807, 2.05) is 25.1 Å². The maximum atomic E-state index is 12.5. The summed E-state index contributed by atoms with van der Waals surface area (Å²) in [7, 11) is 1.59. The van der Waals surface area contributed by atoms with E-state index in [9.17, 15) is 19.5 Å². The Morgan fingerprint density at radius 1 is 1.27 bits per heavy atom. The van der Waals surface area contributed by atoms with Crippen LogP contribution in [0.2, 0.25) is 5.02 Å². The summed E-state index contributed by atoms with van der Waals surface area (Å²) in [5.41, 5.74) is 3.87. The minimum absolute atomic E-state index is 0.0809. The zero-order chi connectivity index (χ0) is 26.3. The van der Waals surface area contributed by atoms with Crippen molar-refractivity contribution in [3.63, 3.8) is 0 Å². The molecule has 4 aromatic rings. The van der Waals surface area contributed by atoms with Crippen LogP contribution in [-0.4, -0.2) is 65.6 Å². The van der Waals surface area contributed by atoms with Gasteiger partial charge in [0.15, 0.2) is 0 Å². The fourth-order valence-electron chi connectivity index (χ4n) is 4.72.